The second-order valence-corrected chi connectivity index (χ2v) is 3.33. The lowest BCUT2D eigenvalue weighted by Gasteiger charge is -1.98. The summed E-state index contributed by atoms with van der Waals surface area (Å²) in [7, 11) is 0. The Kier molecular flexibility index (Phi) is 3.32. The summed E-state index contributed by atoms with van der Waals surface area (Å²) in [6, 6.07) is 8.94. The number of ketones is 1. The second kappa shape index (κ2) is 4.49. The summed E-state index contributed by atoms with van der Waals surface area (Å²) in [6.45, 7) is 3.55. The zero-order valence-corrected chi connectivity index (χ0v) is 8.27. The Morgan fingerprint density at radius 3 is 2.29 bits per heavy atom. The zero-order valence-electron chi connectivity index (χ0n) is 8.27. The van der Waals surface area contributed by atoms with Crippen molar-refractivity contribution in [3.05, 3.63) is 41.4 Å². The smallest absolute Gasteiger partial charge is 0.361 e. The maximum Gasteiger partial charge on any atom is 0.365 e. The van der Waals surface area contributed by atoms with Crippen molar-refractivity contribution in [1.82, 2.24) is 0 Å². The number of benzene rings is 1. The number of rotatable bonds is 3. The van der Waals surface area contributed by atoms with Crippen molar-refractivity contribution in [3.63, 3.8) is 0 Å². The van der Waals surface area contributed by atoms with Crippen molar-refractivity contribution in [3.8, 4) is 0 Å². The summed E-state index contributed by atoms with van der Waals surface area (Å²) in [5.74, 6) is -0.320. The van der Waals surface area contributed by atoms with Crippen LogP contribution in [0.2, 0.25) is 0 Å². The third-order valence-electron chi connectivity index (χ3n) is 1.90. The first-order chi connectivity index (χ1) is 6.66. The van der Waals surface area contributed by atoms with E-state index in [-0.39, 0.29) is 17.4 Å². The summed E-state index contributed by atoms with van der Waals surface area (Å²) in [6.07, 6.45) is 0. The van der Waals surface area contributed by atoms with E-state index in [1.165, 1.54) is 0 Å². The van der Waals surface area contributed by atoms with E-state index in [4.69, 9.17) is 5.53 Å². The van der Waals surface area contributed by atoms with Crippen LogP contribution in [0.1, 0.15) is 19.4 Å². The Morgan fingerprint density at radius 1 is 1.29 bits per heavy atom. The van der Waals surface area contributed by atoms with Gasteiger partial charge in [0, 0.05) is 5.92 Å². The molecule has 0 aliphatic heterocycles. The van der Waals surface area contributed by atoms with Gasteiger partial charge in [-0.1, -0.05) is 32.0 Å². The molecule has 0 aliphatic rings. The van der Waals surface area contributed by atoms with E-state index < -0.39 is 0 Å². The highest BCUT2D eigenvalue weighted by Crippen LogP contribution is 2.04. The Labute approximate surface area is 83.0 Å². The van der Waals surface area contributed by atoms with Gasteiger partial charge in [0.1, 0.15) is 0 Å². The molecule has 1 aromatic rings. The molecule has 0 saturated heterocycles. The van der Waals surface area contributed by atoms with Crippen LogP contribution in [0.3, 0.4) is 0 Å². The van der Waals surface area contributed by atoms with Crippen LogP contribution in [0, 0.1) is 5.92 Å². The molecule has 1 rings (SSSR count). The molecule has 1 aromatic carbocycles. The van der Waals surface area contributed by atoms with Gasteiger partial charge in [0.05, 0.1) is 5.56 Å². The summed E-state index contributed by atoms with van der Waals surface area (Å²) in [5, 5.41) is 0. The Hall–Kier alpha value is -1.73. The molecule has 3 nitrogen and oxygen atoms in total. The highest BCUT2D eigenvalue weighted by molar-refractivity contribution is 6.44. The van der Waals surface area contributed by atoms with Crippen LogP contribution in [-0.2, 0) is 4.79 Å². The van der Waals surface area contributed by atoms with Gasteiger partial charge in [0.25, 0.3) is 0 Å². The minimum atomic E-state index is -0.166. The first-order valence-electron chi connectivity index (χ1n) is 4.48. The van der Waals surface area contributed by atoms with Gasteiger partial charge in [-0.05, 0) is 12.1 Å². The van der Waals surface area contributed by atoms with E-state index in [0.29, 0.717) is 5.56 Å². The zero-order chi connectivity index (χ0) is 10.6. The van der Waals surface area contributed by atoms with Gasteiger partial charge in [0.15, 0.2) is 0 Å². The lowest BCUT2D eigenvalue weighted by atomic mass is 9.99. The standard InChI is InChI=1S/C11H12N2O/c1-8(2)11(14)10(13-12)9-6-4-3-5-7-9/h3-8H,1-2H3. The van der Waals surface area contributed by atoms with Crippen LogP contribution < -0.4 is 0 Å². The normalized spacial score (nSPS) is 9.64. The molecule has 0 amide bonds. The Bertz CT molecular complexity index is 376. The monoisotopic (exact) mass is 188 g/mol. The minimum absolute atomic E-state index is 0.126. The molecule has 0 atom stereocenters. The average Bonchev–Trinajstić information content (AvgIpc) is 2.20. The Morgan fingerprint density at radius 2 is 1.86 bits per heavy atom. The SMILES string of the molecule is CC(C)C(=O)C(=[N+]=[N-])c1ccccc1. The van der Waals surface area contributed by atoms with E-state index in [2.05, 4.69) is 4.79 Å². The van der Waals surface area contributed by atoms with Crippen molar-refractivity contribution >= 4 is 11.5 Å². The van der Waals surface area contributed by atoms with Gasteiger partial charge in [-0.25, -0.2) is 0 Å². The quantitative estimate of drug-likeness (QED) is 0.406. The Balaban J connectivity index is 3.08. The molecular weight excluding hydrogens is 176 g/mol. The third kappa shape index (κ3) is 2.15. The fourth-order valence-corrected chi connectivity index (χ4v) is 1.12. The summed E-state index contributed by atoms with van der Waals surface area (Å²) in [5.41, 5.74) is 9.54. The first-order valence-corrected chi connectivity index (χ1v) is 4.48. The largest absolute Gasteiger partial charge is 0.365 e. The van der Waals surface area contributed by atoms with E-state index >= 15 is 0 Å². The van der Waals surface area contributed by atoms with E-state index in [9.17, 15) is 4.79 Å². The van der Waals surface area contributed by atoms with Crippen molar-refractivity contribution < 1.29 is 9.58 Å². The predicted molar refractivity (Wildman–Crippen MR) is 54.0 cm³/mol. The van der Waals surface area contributed by atoms with Gasteiger partial charge >= 0.3 is 5.71 Å². The topological polar surface area (TPSA) is 53.5 Å². The number of nitrogens with zero attached hydrogens (tertiary/aromatic N) is 2. The maximum absolute atomic E-state index is 11.6. The van der Waals surface area contributed by atoms with Crippen LogP contribution in [0.25, 0.3) is 5.53 Å². The van der Waals surface area contributed by atoms with Crippen LogP contribution in [0.4, 0.5) is 0 Å². The summed E-state index contributed by atoms with van der Waals surface area (Å²) >= 11 is 0. The molecule has 0 heterocycles. The fourth-order valence-electron chi connectivity index (χ4n) is 1.12. The highest BCUT2D eigenvalue weighted by Gasteiger charge is 2.24. The molecule has 0 saturated carbocycles. The highest BCUT2D eigenvalue weighted by atomic mass is 16.1. The van der Waals surface area contributed by atoms with Gasteiger partial charge in [0.2, 0.25) is 5.78 Å². The van der Waals surface area contributed by atoms with Crippen LogP contribution in [0.5, 0.6) is 0 Å². The number of carbonyl (C=O) groups is 1. The molecule has 14 heavy (non-hydrogen) atoms. The van der Waals surface area contributed by atoms with Gasteiger partial charge in [-0.3, -0.25) is 4.79 Å². The molecule has 72 valence electrons. The maximum atomic E-state index is 11.6. The molecule has 0 aliphatic carbocycles. The number of carbonyl (C=O) groups excluding carboxylic acids is 1. The average molecular weight is 188 g/mol. The lowest BCUT2D eigenvalue weighted by Crippen LogP contribution is -2.21. The van der Waals surface area contributed by atoms with Crippen molar-refractivity contribution in [1.29, 1.82) is 0 Å². The third-order valence-corrected chi connectivity index (χ3v) is 1.90. The van der Waals surface area contributed by atoms with Crippen molar-refractivity contribution in [2.75, 3.05) is 0 Å². The molecule has 0 radical (unpaired) electrons. The summed E-state index contributed by atoms with van der Waals surface area (Å²) < 4.78 is 0. The summed E-state index contributed by atoms with van der Waals surface area (Å²) in [4.78, 5) is 14.6. The van der Waals surface area contributed by atoms with Crippen molar-refractivity contribution in [2.24, 2.45) is 5.92 Å². The van der Waals surface area contributed by atoms with E-state index in [1.807, 2.05) is 6.07 Å². The van der Waals surface area contributed by atoms with Gasteiger partial charge in [-0.2, -0.15) is 4.79 Å². The predicted octanol–water partition coefficient (Wildman–Crippen LogP) is 1.93. The molecule has 3 heteroatoms. The molecule has 0 aromatic heterocycles. The van der Waals surface area contributed by atoms with Gasteiger partial charge in [-0.15, -0.1) is 0 Å². The first kappa shape index (κ1) is 10.4. The number of hydrogen-bond acceptors (Lipinski definition) is 1. The molecule has 0 spiro atoms. The van der Waals surface area contributed by atoms with Gasteiger partial charge < -0.3 is 5.53 Å². The van der Waals surface area contributed by atoms with Crippen LogP contribution >= 0.6 is 0 Å². The fraction of sp³-hybridized carbons (Fsp3) is 0.273. The molecule has 0 unspecified atom stereocenters. The molecule has 0 N–H and O–H groups in total. The van der Waals surface area contributed by atoms with Crippen molar-refractivity contribution in [2.45, 2.75) is 13.8 Å². The second-order valence-electron chi connectivity index (χ2n) is 3.33. The minimum Gasteiger partial charge on any atom is -0.361 e. The van der Waals surface area contributed by atoms with Crippen LogP contribution in [-0.4, -0.2) is 16.3 Å². The molecular formula is C11H12N2O. The van der Waals surface area contributed by atoms with E-state index in [1.54, 1.807) is 38.1 Å². The molecule has 0 fully saturated rings. The number of Topliss-reactive ketones (excluding diaryl/α,β-unsaturated/α-hetero) is 1. The molecule has 0 bridgehead atoms. The number of hydrogen-bond donors (Lipinski definition) is 0. The van der Waals surface area contributed by atoms with Crippen LogP contribution in [0.15, 0.2) is 30.3 Å². The van der Waals surface area contributed by atoms with E-state index in [0.717, 1.165) is 0 Å². The lowest BCUT2D eigenvalue weighted by molar-refractivity contribution is -0.119.